The van der Waals surface area contributed by atoms with Gasteiger partial charge in [0.1, 0.15) is 0 Å². The van der Waals surface area contributed by atoms with E-state index in [1.807, 2.05) is 0 Å². The molecular weight excluding hydrogens is 240 g/mol. The number of methoxy groups -OCH3 is 1. The fourth-order valence-electron chi connectivity index (χ4n) is 1.19. The Bertz CT molecular complexity index is 443. The van der Waals surface area contributed by atoms with Crippen LogP contribution in [0, 0.1) is 0 Å². The van der Waals surface area contributed by atoms with Gasteiger partial charge in [0, 0.05) is 13.7 Å². The van der Waals surface area contributed by atoms with E-state index in [-0.39, 0.29) is 0 Å². The van der Waals surface area contributed by atoms with Gasteiger partial charge in [-0.25, -0.2) is 0 Å². The summed E-state index contributed by atoms with van der Waals surface area (Å²) in [6, 6.07) is 0.323. The van der Waals surface area contributed by atoms with Crippen molar-refractivity contribution in [3.63, 3.8) is 0 Å². The fraction of sp³-hybridized carbons (Fsp3) is 0.556. The average molecular weight is 254 g/mol. The molecule has 98 valence electrons. The number of hydrogen-bond donors (Lipinski definition) is 2. The molecule has 0 bridgehead atoms. The van der Waals surface area contributed by atoms with Crippen molar-refractivity contribution in [3.8, 4) is 0 Å². The van der Waals surface area contributed by atoms with E-state index in [9.17, 15) is 0 Å². The third kappa shape index (κ3) is 3.79. The summed E-state index contributed by atoms with van der Waals surface area (Å²) in [5.74, 6) is 1.02. The highest BCUT2D eigenvalue weighted by molar-refractivity contribution is 5.17. The van der Waals surface area contributed by atoms with E-state index in [1.54, 1.807) is 7.11 Å². The van der Waals surface area contributed by atoms with Crippen molar-refractivity contribution in [2.24, 2.45) is 0 Å². The van der Waals surface area contributed by atoms with Gasteiger partial charge in [-0.15, -0.1) is 5.10 Å². The quantitative estimate of drug-likeness (QED) is 0.618. The maximum Gasteiger partial charge on any atom is 0.315 e. The van der Waals surface area contributed by atoms with Crippen LogP contribution < -0.4 is 10.6 Å². The van der Waals surface area contributed by atoms with Crippen LogP contribution in [0.1, 0.15) is 11.7 Å². The Hall–Kier alpha value is -2.00. The van der Waals surface area contributed by atoms with Crippen LogP contribution in [-0.2, 0) is 17.8 Å². The average Bonchev–Trinajstić information content (AvgIpc) is 3.03. The molecule has 0 aliphatic rings. The number of anilines is 1. The van der Waals surface area contributed by atoms with E-state index in [1.165, 1.54) is 6.39 Å². The lowest BCUT2D eigenvalue weighted by molar-refractivity contribution is 0.198. The Morgan fingerprint density at radius 1 is 1.33 bits per heavy atom. The molecule has 2 rings (SSSR count). The molecule has 0 amide bonds. The van der Waals surface area contributed by atoms with Crippen molar-refractivity contribution < 1.29 is 13.7 Å². The van der Waals surface area contributed by atoms with Gasteiger partial charge in [0.25, 0.3) is 0 Å². The van der Waals surface area contributed by atoms with Crippen LogP contribution in [0.15, 0.2) is 15.3 Å². The largest absolute Gasteiger partial charge is 0.407 e. The zero-order valence-corrected chi connectivity index (χ0v) is 9.92. The van der Waals surface area contributed by atoms with Crippen LogP contribution in [0.2, 0.25) is 0 Å². The van der Waals surface area contributed by atoms with Crippen LogP contribution in [0.25, 0.3) is 0 Å². The van der Waals surface area contributed by atoms with Gasteiger partial charge >= 0.3 is 6.01 Å². The first-order valence-corrected chi connectivity index (χ1v) is 5.39. The summed E-state index contributed by atoms with van der Waals surface area (Å²) < 4.78 is 14.8. The lowest BCUT2D eigenvalue weighted by atomic mass is 10.6. The third-order valence-electron chi connectivity index (χ3n) is 2.03. The van der Waals surface area contributed by atoms with Crippen LogP contribution in [0.5, 0.6) is 0 Å². The van der Waals surface area contributed by atoms with Gasteiger partial charge in [-0.1, -0.05) is 10.3 Å². The molecule has 2 aromatic rings. The van der Waals surface area contributed by atoms with Crippen molar-refractivity contribution in [3.05, 3.63) is 18.1 Å². The summed E-state index contributed by atoms with van der Waals surface area (Å²) in [4.78, 5) is 3.85. The molecule has 0 atom stereocenters. The Kier molecular flexibility index (Phi) is 4.61. The molecule has 0 aliphatic heterocycles. The molecule has 0 spiro atoms. The Morgan fingerprint density at radius 2 is 2.28 bits per heavy atom. The van der Waals surface area contributed by atoms with E-state index < -0.39 is 0 Å². The highest BCUT2D eigenvalue weighted by atomic mass is 16.5. The molecule has 0 saturated carbocycles. The summed E-state index contributed by atoms with van der Waals surface area (Å²) in [6.45, 7) is 2.23. The van der Waals surface area contributed by atoms with Gasteiger partial charge in [-0.05, 0) is 0 Å². The maximum absolute atomic E-state index is 5.34. The van der Waals surface area contributed by atoms with Gasteiger partial charge < -0.3 is 24.3 Å². The van der Waals surface area contributed by atoms with E-state index in [0.717, 1.165) is 6.54 Å². The first kappa shape index (κ1) is 12.5. The summed E-state index contributed by atoms with van der Waals surface area (Å²) in [6.07, 6.45) is 1.26. The fourth-order valence-corrected chi connectivity index (χ4v) is 1.19. The molecule has 2 aromatic heterocycles. The van der Waals surface area contributed by atoms with Crippen molar-refractivity contribution in [1.29, 1.82) is 0 Å². The Labute approximate surface area is 103 Å². The Balaban J connectivity index is 1.72. The zero-order valence-electron chi connectivity index (χ0n) is 9.92. The number of nitrogens with one attached hydrogen (secondary N) is 2. The van der Waals surface area contributed by atoms with Crippen LogP contribution >= 0.6 is 0 Å². The second kappa shape index (κ2) is 6.67. The molecule has 2 heterocycles. The molecule has 18 heavy (non-hydrogen) atoms. The molecular formula is C9H14N6O3. The SMILES string of the molecule is COCCNCc1nnc(NCc2ncon2)o1. The Morgan fingerprint density at radius 3 is 3.06 bits per heavy atom. The van der Waals surface area contributed by atoms with Gasteiger partial charge in [-0.2, -0.15) is 4.98 Å². The summed E-state index contributed by atoms with van der Waals surface area (Å²) >= 11 is 0. The minimum atomic E-state index is 0.323. The second-order valence-electron chi connectivity index (χ2n) is 3.37. The zero-order chi connectivity index (χ0) is 12.6. The first-order chi connectivity index (χ1) is 8.88. The molecule has 0 radical (unpaired) electrons. The minimum Gasteiger partial charge on any atom is -0.407 e. The molecule has 0 aliphatic carbocycles. The summed E-state index contributed by atoms with van der Waals surface area (Å²) in [7, 11) is 1.65. The highest BCUT2D eigenvalue weighted by Crippen LogP contribution is 2.05. The number of ether oxygens (including phenoxy) is 1. The minimum absolute atomic E-state index is 0.323. The van der Waals surface area contributed by atoms with E-state index in [4.69, 9.17) is 9.15 Å². The molecule has 0 saturated heterocycles. The van der Waals surface area contributed by atoms with Gasteiger partial charge in [0.2, 0.25) is 12.3 Å². The van der Waals surface area contributed by atoms with Crippen molar-refractivity contribution in [2.45, 2.75) is 13.1 Å². The smallest absolute Gasteiger partial charge is 0.315 e. The van der Waals surface area contributed by atoms with Crippen molar-refractivity contribution >= 4 is 6.01 Å². The second-order valence-corrected chi connectivity index (χ2v) is 3.37. The van der Waals surface area contributed by atoms with E-state index in [2.05, 4.69) is 35.5 Å². The normalized spacial score (nSPS) is 10.7. The van der Waals surface area contributed by atoms with Crippen LogP contribution in [0.3, 0.4) is 0 Å². The summed E-state index contributed by atoms with van der Waals surface area (Å²) in [5.41, 5.74) is 0. The number of hydrogen-bond acceptors (Lipinski definition) is 9. The predicted molar refractivity (Wildman–Crippen MR) is 59.5 cm³/mol. The molecule has 0 aromatic carbocycles. The van der Waals surface area contributed by atoms with E-state index in [0.29, 0.717) is 37.4 Å². The van der Waals surface area contributed by atoms with E-state index >= 15 is 0 Å². The van der Waals surface area contributed by atoms with Crippen LogP contribution in [0.4, 0.5) is 6.01 Å². The maximum atomic E-state index is 5.34. The third-order valence-corrected chi connectivity index (χ3v) is 2.03. The molecule has 9 heteroatoms. The standard InChI is InChI=1S/C9H14N6O3/c1-16-3-2-10-5-8-13-14-9(18-8)11-4-7-12-6-17-15-7/h6,10H,2-5H2,1H3,(H,11,14). The predicted octanol–water partition coefficient (Wildman–Crippen LogP) is -0.199. The molecule has 2 N–H and O–H groups in total. The van der Waals surface area contributed by atoms with Gasteiger partial charge in [0.15, 0.2) is 5.82 Å². The first-order valence-electron chi connectivity index (χ1n) is 5.39. The monoisotopic (exact) mass is 254 g/mol. The lowest BCUT2D eigenvalue weighted by Crippen LogP contribution is -2.18. The molecule has 9 nitrogen and oxygen atoms in total. The number of rotatable bonds is 8. The lowest BCUT2D eigenvalue weighted by Gasteiger charge is -1.99. The van der Waals surface area contributed by atoms with Crippen molar-refractivity contribution in [2.75, 3.05) is 25.6 Å². The van der Waals surface area contributed by atoms with Gasteiger partial charge in [-0.3, -0.25) is 0 Å². The summed E-state index contributed by atoms with van der Waals surface area (Å²) in [5, 5.41) is 17.3. The molecule has 0 fully saturated rings. The molecule has 0 unspecified atom stereocenters. The van der Waals surface area contributed by atoms with Crippen LogP contribution in [-0.4, -0.2) is 40.6 Å². The van der Waals surface area contributed by atoms with Gasteiger partial charge in [0.05, 0.1) is 19.7 Å². The number of aromatic nitrogens is 4. The number of nitrogens with zero attached hydrogens (tertiary/aromatic N) is 4. The topological polar surface area (TPSA) is 111 Å². The van der Waals surface area contributed by atoms with Crippen molar-refractivity contribution in [1.82, 2.24) is 25.7 Å². The highest BCUT2D eigenvalue weighted by Gasteiger charge is 2.06.